The predicted octanol–water partition coefficient (Wildman–Crippen LogP) is 3.35. The van der Waals surface area contributed by atoms with E-state index >= 15 is 0 Å². The third-order valence-electron chi connectivity index (χ3n) is 1.84. The lowest BCUT2D eigenvalue weighted by atomic mass is 10.2. The summed E-state index contributed by atoms with van der Waals surface area (Å²) in [5.41, 5.74) is 0.961. The van der Waals surface area contributed by atoms with E-state index in [2.05, 4.69) is 26.2 Å². The molecule has 0 saturated heterocycles. The molecule has 0 atom stereocenters. The number of aromatic carboxylic acids is 1. The van der Waals surface area contributed by atoms with Crippen LogP contribution in [0.4, 0.5) is 10.8 Å². The normalized spacial score (nSPS) is 10.1. The number of rotatable bonds is 3. The van der Waals surface area contributed by atoms with E-state index in [-0.39, 0.29) is 5.56 Å². The van der Waals surface area contributed by atoms with Gasteiger partial charge in [-0.2, -0.15) is 0 Å². The molecule has 6 heteroatoms. The molecule has 0 spiro atoms. The maximum atomic E-state index is 10.8. The minimum Gasteiger partial charge on any atom is -0.478 e. The van der Waals surface area contributed by atoms with Crippen molar-refractivity contribution in [3.05, 3.63) is 39.8 Å². The molecule has 0 aliphatic carbocycles. The van der Waals surface area contributed by atoms with Crippen molar-refractivity contribution in [1.29, 1.82) is 0 Å². The van der Waals surface area contributed by atoms with Crippen molar-refractivity contribution in [2.24, 2.45) is 0 Å². The summed E-state index contributed by atoms with van der Waals surface area (Å²) in [6.07, 6.45) is 0. The van der Waals surface area contributed by atoms with E-state index in [0.29, 0.717) is 5.69 Å². The summed E-state index contributed by atoms with van der Waals surface area (Å²) in [6, 6.07) is 6.60. The van der Waals surface area contributed by atoms with Gasteiger partial charge in [0, 0.05) is 11.1 Å². The van der Waals surface area contributed by atoms with Crippen LogP contribution < -0.4 is 5.32 Å². The van der Waals surface area contributed by atoms with Crippen LogP contribution in [0.5, 0.6) is 0 Å². The zero-order chi connectivity index (χ0) is 11.5. The van der Waals surface area contributed by atoms with E-state index in [1.54, 1.807) is 24.3 Å². The largest absolute Gasteiger partial charge is 0.478 e. The summed E-state index contributed by atoms with van der Waals surface area (Å²) >= 11 is 4.69. The second-order valence-electron chi connectivity index (χ2n) is 2.99. The van der Waals surface area contributed by atoms with Gasteiger partial charge >= 0.3 is 5.97 Å². The summed E-state index contributed by atoms with van der Waals surface area (Å²) in [6.45, 7) is 0. The number of nitrogens with zero attached hydrogens (tertiary/aromatic N) is 1. The molecule has 0 fully saturated rings. The van der Waals surface area contributed by atoms with Gasteiger partial charge in [0.15, 0.2) is 5.13 Å². The van der Waals surface area contributed by atoms with Crippen molar-refractivity contribution in [3.8, 4) is 0 Å². The Balaban J connectivity index is 2.21. The van der Waals surface area contributed by atoms with E-state index in [0.717, 1.165) is 9.73 Å². The number of hydrogen-bond acceptors (Lipinski definition) is 4. The molecule has 0 unspecified atom stereocenters. The number of hydrogen-bond donors (Lipinski definition) is 2. The lowest BCUT2D eigenvalue weighted by molar-refractivity contribution is 0.0697. The third-order valence-corrected chi connectivity index (χ3v) is 3.30. The molecule has 0 aliphatic rings. The predicted molar refractivity (Wildman–Crippen MR) is 66.5 cm³/mol. The molecule has 82 valence electrons. The van der Waals surface area contributed by atoms with E-state index in [4.69, 9.17) is 5.11 Å². The van der Waals surface area contributed by atoms with Crippen LogP contribution in [0.25, 0.3) is 0 Å². The first-order valence-electron chi connectivity index (χ1n) is 4.36. The lowest BCUT2D eigenvalue weighted by Crippen LogP contribution is -1.97. The first kappa shape index (κ1) is 11.1. The summed E-state index contributed by atoms with van der Waals surface area (Å²) < 4.78 is 0.759. The highest BCUT2D eigenvalue weighted by atomic mass is 79.9. The van der Waals surface area contributed by atoms with E-state index in [1.165, 1.54) is 11.3 Å². The molecule has 1 aromatic heterocycles. The Kier molecular flexibility index (Phi) is 3.21. The quantitative estimate of drug-likeness (QED) is 0.912. The van der Waals surface area contributed by atoms with Crippen molar-refractivity contribution in [3.63, 3.8) is 0 Å². The average molecular weight is 299 g/mol. The number of halogens is 1. The number of carboxylic acid groups (broad SMARTS) is 1. The molecular formula is C10H7BrN2O2S. The Hall–Kier alpha value is -1.40. The fourth-order valence-corrected chi connectivity index (χ4v) is 2.33. The minimum absolute atomic E-state index is 0.251. The first-order valence-corrected chi connectivity index (χ1v) is 6.04. The topological polar surface area (TPSA) is 62.2 Å². The van der Waals surface area contributed by atoms with Crippen molar-refractivity contribution in [2.75, 3.05) is 5.32 Å². The SMILES string of the molecule is O=C(O)c1cccc(Nc2nc(Br)cs2)c1. The highest BCUT2D eigenvalue weighted by Crippen LogP contribution is 2.23. The minimum atomic E-state index is -0.941. The number of benzene rings is 1. The Morgan fingerprint density at radius 2 is 2.31 bits per heavy atom. The fraction of sp³-hybridized carbons (Fsp3) is 0. The van der Waals surface area contributed by atoms with Gasteiger partial charge in [0.1, 0.15) is 4.60 Å². The van der Waals surface area contributed by atoms with Gasteiger partial charge in [-0.1, -0.05) is 6.07 Å². The molecular weight excluding hydrogens is 292 g/mol. The van der Waals surface area contributed by atoms with Gasteiger partial charge in [-0.05, 0) is 34.1 Å². The van der Waals surface area contributed by atoms with Crippen LogP contribution in [0.15, 0.2) is 34.2 Å². The van der Waals surface area contributed by atoms with Crippen LogP contribution in [0, 0.1) is 0 Å². The van der Waals surface area contributed by atoms with Crippen molar-refractivity contribution >= 4 is 44.1 Å². The number of carbonyl (C=O) groups is 1. The molecule has 2 rings (SSSR count). The molecule has 0 aliphatic heterocycles. The average Bonchev–Trinajstić information content (AvgIpc) is 2.64. The molecule has 2 N–H and O–H groups in total. The van der Waals surface area contributed by atoms with E-state index in [9.17, 15) is 4.79 Å². The Morgan fingerprint density at radius 3 is 2.94 bits per heavy atom. The molecule has 16 heavy (non-hydrogen) atoms. The molecule has 2 aromatic rings. The fourth-order valence-electron chi connectivity index (χ4n) is 1.17. The van der Waals surface area contributed by atoms with Crippen LogP contribution in [0.1, 0.15) is 10.4 Å². The van der Waals surface area contributed by atoms with Crippen LogP contribution in [0.3, 0.4) is 0 Å². The van der Waals surface area contributed by atoms with E-state index in [1.807, 2.05) is 5.38 Å². The second kappa shape index (κ2) is 4.63. The van der Waals surface area contributed by atoms with Crippen molar-refractivity contribution in [2.45, 2.75) is 0 Å². The number of nitrogens with one attached hydrogen (secondary N) is 1. The van der Waals surface area contributed by atoms with Crippen molar-refractivity contribution < 1.29 is 9.90 Å². The smallest absolute Gasteiger partial charge is 0.335 e. The number of thiazole rings is 1. The lowest BCUT2D eigenvalue weighted by Gasteiger charge is -2.02. The molecule has 0 radical (unpaired) electrons. The highest BCUT2D eigenvalue weighted by Gasteiger charge is 2.04. The van der Waals surface area contributed by atoms with Crippen LogP contribution in [-0.4, -0.2) is 16.1 Å². The standard InChI is InChI=1S/C10H7BrN2O2S/c11-8-5-16-10(13-8)12-7-3-1-2-6(4-7)9(14)15/h1-5H,(H,12,13)(H,14,15). The van der Waals surface area contributed by atoms with Gasteiger partial charge in [-0.3, -0.25) is 0 Å². The summed E-state index contributed by atoms with van der Waals surface area (Å²) in [5.74, 6) is -0.941. The maximum absolute atomic E-state index is 10.8. The van der Waals surface area contributed by atoms with Gasteiger partial charge in [-0.25, -0.2) is 9.78 Å². The van der Waals surface area contributed by atoms with Crippen LogP contribution in [-0.2, 0) is 0 Å². The van der Waals surface area contributed by atoms with Gasteiger partial charge in [0.25, 0.3) is 0 Å². The van der Waals surface area contributed by atoms with Gasteiger partial charge in [0.2, 0.25) is 0 Å². The first-order chi connectivity index (χ1) is 7.65. The zero-order valence-corrected chi connectivity index (χ0v) is 10.4. The van der Waals surface area contributed by atoms with Gasteiger partial charge < -0.3 is 10.4 Å². The van der Waals surface area contributed by atoms with Gasteiger partial charge in [-0.15, -0.1) is 11.3 Å². The molecule has 1 heterocycles. The second-order valence-corrected chi connectivity index (χ2v) is 4.66. The number of aromatic nitrogens is 1. The molecule has 0 saturated carbocycles. The summed E-state index contributed by atoms with van der Waals surface area (Å²) in [4.78, 5) is 14.9. The molecule has 0 bridgehead atoms. The zero-order valence-electron chi connectivity index (χ0n) is 7.98. The molecule has 4 nitrogen and oxygen atoms in total. The third kappa shape index (κ3) is 2.59. The van der Waals surface area contributed by atoms with Crippen LogP contribution in [0.2, 0.25) is 0 Å². The Morgan fingerprint density at radius 1 is 1.50 bits per heavy atom. The maximum Gasteiger partial charge on any atom is 0.335 e. The van der Waals surface area contributed by atoms with Crippen molar-refractivity contribution in [1.82, 2.24) is 4.98 Å². The Labute approximate surface area is 104 Å². The Bertz CT molecular complexity index is 527. The van der Waals surface area contributed by atoms with Gasteiger partial charge in [0.05, 0.1) is 5.56 Å². The summed E-state index contributed by atoms with van der Waals surface area (Å²) in [7, 11) is 0. The number of anilines is 2. The number of carboxylic acids is 1. The molecule has 0 amide bonds. The monoisotopic (exact) mass is 298 g/mol. The highest BCUT2D eigenvalue weighted by molar-refractivity contribution is 9.10. The summed E-state index contributed by atoms with van der Waals surface area (Å²) in [5, 5.41) is 14.4. The van der Waals surface area contributed by atoms with Crippen LogP contribution >= 0.6 is 27.3 Å². The molecule has 1 aromatic carbocycles. The van der Waals surface area contributed by atoms with E-state index < -0.39 is 5.97 Å².